The summed E-state index contributed by atoms with van der Waals surface area (Å²) in [7, 11) is 0. The molecule has 0 N–H and O–H groups in total. The Morgan fingerprint density at radius 3 is 2.55 bits per heavy atom. The summed E-state index contributed by atoms with van der Waals surface area (Å²) < 4.78 is 0. The standard InChI is InChI=1S/C8H7N.CH3.Y/c1-3-8-4-7(2)5-9-6-8;;/h1,3,5-6H,2H3;1H3;/q-2;-1;+3. The largest absolute Gasteiger partial charge is 3.00 e. The summed E-state index contributed by atoms with van der Waals surface area (Å²) in [6.07, 6.45) is 4.90. The van der Waals surface area contributed by atoms with Gasteiger partial charge in [0.1, 0.15) is 0 Å². The van der Waals surface area contributed by atoms with Crippen molar-refractivity contribution in [3.8, 4) is 0 Å². The Balaban J connectivity index is 0. The van der Waals surface area contributed by atoms with E-state index in [0.29, 0.717) is 0 Å². The van der Waals surface area contributed by atoms with Gasteiger partial charge in [0.15, 0.2) is 0 Å². The van der Waals surface area contributed by atoms with Gasteiger partial charge in [-0.05, 0) is 0 Å². The fraction of sp³-hybridized carbons (Fsp3) is 0.111. The number of hydrogen-bond acceptors (Lipinski definition) is 1. The van der Waals surface area contributed by atoms with Gasteiger partial charge in [0.25, 0.3) is 0 Å². The maximum Gasteiger partial charge on any atom is 3.00 e. The van der Waals surface area contributed by atoms with Crippen molar-refractivity contribution in [1.82, 2.24) is 4.98 Å². The van der Waals surface area contributed by atoms with Crippen molar-refractivity contribution in [2.24, 2.45) is 0 Å². The van der Waals surface area contributed by atoms with Gasteiger partial charge in [-0.3, -0.25) is 5.56 Å². The molecule has 0 bridgehead atoms. The molecule has 0 atom stereocenters. The van der Waals surface area contributed by atoms with Crippen LogP contribution in [-0.2, 0) is 32.7 Å². The maximum absolute atomic E-state index is 5.22. The first-order valence-corrected chi connectivity index (χ1v) is 2.72. The van der Waals surface area contributed by atoms with Crippen LogP contribution in [0.1, 0.15) is 11.1 Å². The van der Waals surface area contributed by atoms with Crippen molar-refractivity contribution < 1.29 is 32.7 Å². The van der Waals surface area contributed by atoms with Crippen LogP contribution in [0, 0.1) is 27.0 Å². The van der Waals surface area contributed by atoms with E-state index in [9.17, 15) is 0 Å². The molecular weight excluding hydrogens is 211 g/mol. The van der Waals surface area contributed by atoms with E-state index in [-0.39, 0.29) is 40.1 Å². The van der Waals surface area contributed by atoms with Gasteiger partial charge in [-0.2, -0.15) is 0 Å². The number of nitrogens with zero attached hydrogens (tertiary/aromatic N) is 1. The van der Waals surface area contributed by atoms with Crippen molar-refractivity contribution in [2.45, 2.75) is 6.92 Å². The third kappa shape index (κ3) is 4.44. The number of aryl methyl sites for hydroxylation is 1. The van der Waals surface area contributed by atoms with Crippen LogP contribution >= 0.6 is 0 Å². The Kier molecular flexibility index (Phi) is 8.25. The monoisotopic (exact) mass is 221 g/mol. The molecule has 2 heteroatoms. The van der Waals surface area contributed by atoms with E-state index in [1.807, 2.05) is 6.92 Å². The van der Waals surface area contributed by atoms with Crippen LogP contribution in [0.2, 0.25) is 0 Å². The smallest absolute Gasteiger partial charge is 0.378 e. The minimum absolute atomic E-state index is 0. The molecule has 11 heavy (non-hydrogen) atoms. The number of pyridine rings is 1. The first-order chi connectivity index (χ1) is 4.33. The molecule has 0 aliphatic heterocycles. The van der Waals surface area contributed by atoms with Crippen LogP contribution in [0.5, 0.6) is 0 Å². The van der Waals surface area contributed by atoms with Gasteiger partial charge >= 0.3 is 32.7 Å². The number of aromatic nitrogens is 1. The predicted octanol–water partition coefficient (Wildman–Crippen LogP) is 2.08. The molecule has 0 spiro atoms. The molecule has 0 aliphatic rings. The summed E-state index contributed by atoms with van der Waals surface area (Å²) in [6.45, 7) is 7.15. The summed E-state index contributed by atoms with van der Waals surface area (Å²) in [5, 5.41) is 0. The van der Waals surface area contributed by atoms with Crippen molar-refractivity contribution >= 4 is 6.08 Å². The molecule has 0 fully saturated rings. The molecule has 1 aromatic heterocycles. The Labute approximate surface area is 93.8 Å². The third-order valence-electron chi connectivity index (χ3n) is 1.00. The average molecular weight is 221 g/mol. The minimum Gasteiger partial charge on any atom is -0.378 e. The maximum atomic E-state index is 5.22. The normalized spacial score (nSPS) is 7.36. The molecule has 0 saturated heterocycles. The van der Waals surface area contributed by atoms with Gasteiger partial charge < -0.3 is 25.1 Å². The zero-order chi connectivity index (χ0) is 6.69. The SMILES string of the molecule is [CH-]=Cc1[c-]c(C)cnc1.[CH3-].[Y+3]. The quantitative estimate of drug-likeness (QED) is 0.661. The molecule has 0 unspecified atom stereocenters. The second-order valence-electron chi connectivity index (χ2n) is 1.84. The molecule has 0 radical (unpaired) electrons. The van der Waals surface area contributed by atoms with Gasteiger partial charge in [0.05, 0.1) is 0 Å². The predicted molar refractivity (Wildman–Crippen MR) is 43.0 cm³/mol. The van der Waals surface area contributed by atoms with Crippen LogP contribution < -0.4 is 0 Å². The first-order valence-electron chi connectivity index (χ1n) is 2.72. The Hall–Kier alpha value is -0.00610. The van der Waals surface area contributed by atoms with Crippen LogP contribution in [0.15, 0.2) is 12.4 Å². The van der Waals surface area contributed by atoms with E-state index in [1.165, 1.54) is 6.08 Å². The zero-order valence-corrected chi connectivity index (χ0v) is 9.67. The fourth-order valence-electron chi connectivity index (χ4n) is 0.606. The van der Waals surface area contributed by atoms with E-state index in [4.69, 9.17) is 6.58 Å². The third-order valence-corrected chi connectivity index (χ3v) is 1.00. The summed E-state index contributed by atoms with van der Waals surface area (Å²) in [5.74, 6) is 0. The Morgan fingerprint density at radius 2 is 2.18 bits per heavy atom. The topological polar surface area (TPSA) is 12.9 Å². The molecule has 1 aromatic rings. The molecule has 54 valence electrons. The molecule has 1 rings (SSSR count). The van der Waals surface area contributed by atoms with E-state index < -0.39 is 0 Å². The van der Waals surface area contributed by atoms with Crippen molar-refractivity contribution in [1.29, 1.82) is 0 Å². The van der Waals surface area contributed by atoms with Gasteiger partial charge in [0.2, 0.25) is 0 Å². The van der Waals surface area contributed by atoms with E-state index in [2.05, 4.69) is 11.1 Å². The van der Waals surface area contributed by atoms with E-state index in [1.54, 1.807) is 12.4 Å². The van der Waals surface area contributed by atoms with E-state index in [0.717, 1.165) is 11.1 Å². The number of rotatable bonds is 1. The van der Waals surface area contributed by atoms with Crippen molar-refractivity contribution in [2.75, 3.05) is 0 Å². The second-order valence-corrected chi connectivity index (χ2v) is 1.84. The van der Waals surface area contributed by atoms with Gasteiger partial charge in [-0.1, -0.05) is 13.1 Å². The van der Waals surface area contributed by atoms with Gasteiger partial charge in [-0.25, -0.2) is 6.07 Å². The Morgan fingerprint density at radius 1 is 1.55 bits per heavy atom. The molecule has 0 saturated carbocycles. The summed E-state index contributed by atoms with van der Waals surface area (Å²) >= 11 is 0. The molecule has 0 aromatic carbocycles. The molecular formula is C9H10NY. The van der Waals surface area contributed by atoms with Crippen LogP contribution in [0.25, 0.3) is 6.08 Å². The van der Waals surface area contributed by atoms with E-state index >= 15 is 0 Å². The Bertz CT molecular complexity index is 221. The zero-order valence-electron chi connectivity index (χ0n) is 6.83. The summed E-state index contributed by atoms with van der Waals surface area (Å²) in [5.41, 5.74) is 1.85. The summed E-state index contributed by atoms with van der Waals surface area (Å²) in [6, 6.07) is 3.01. The molecule has 0 aliphatic carbocycles. The number of hydrogen-bond donors (Lipinski definition) is 0. The van der Waals surface area contributed by atoms with Crippen molar-refractivity contribution in [3.63, 3.8) is 0 Å². The average Bonchev–Trinajstić information content (AvgIpc) is 1.88. The van der Waals surface area contributed by atoms with Crippen molar-refractivity contribution in [3.05, 3.63) is 43.6 Å². The van der Waals surface area contributed by atoms with Crippen LogP contribution in [0.4, 0.5) is 0 Å². The molecule has 1 heterocycles. The van der Waals surface area contributed by atoms with Gasteiger partial charge in [-0.15, -0.1) is 11.8 Å². The molecule has 0 amide bonds. The van der Waals surface area contributed by atoms with Crippen LogP contribution in [0.3, 0.4) is 0 Å². The minimum atomic E-state index is 0. The van der Waals surface area contributed by atoms with Crippen LogP contribution in [-0.4, -0.2) is 4.98 Å². The summed E-state index contributed by atoms with van der Waals surface area (Å²) in [4.78, 5) is 3.91. The fourth-order valence-corrected chi connectivity index (χ4v) is 0.606. The molecule has 1 nitrogen and oxygen atoms in total. The van der Waals surface area contributed by atoms with Gasteiger partial charge in [0, 0.05) is 0 Å². The first kappa shape index (κ1) is 13.6. The second kappa shape index (κ2) is 6.69.